The van der Waals surface area contributed by atoms with Gasteiger partial charge in [-0.2, -0.15) is 0 Å². The Labute approximate surface area is 193 Å². The summed E-state index contributed by atoms with van der Waals surface area (Å²) in [6.07, 6.45) is -0.679. The van der Waals surface area contributed by atoms with Gasteiger partial charge < -0.3 is 20.3 Å². The van der Waals surface area contributed by atoms with Crippen molar-refractivity contribution in [2.75, 3.05) is 0 Å². The Hall–Kier alpha value is -2.57. The molecule has 1 aromatic carbocycles. The fourth-order valence-electron chi connectivity index (χ4n) is 3.43. The molecule has 0 fully saturated rings. The molecule has 0 spiro atoms. The van der Waals surface area contributed by atoms with Gasteiger partial charge in [-0.25, -0.2) is 4.79 Å². The molecule has 2 unspecified atom stereocenters. The summed E-state index contributed by atoms with van der Waals surface area (Å²) in [6, 6.07) is 3.92. The zero-order chi connectivity index (χ0) is 25.0. The zero-order valence-corrected chi connectivity index (χ0v) is 21.5. The first-order valence-corrected chi connectivity index (χ1v) is 11.1. The lowest BCUT2D eigenvalue weighted by molar-refractivity contribution is -0.148. The largest absolute Gasteiger partial charge is 0.444 e. The summed E-state index contributed by atoms with van der Waals surface area (Å²) in [5.41, 5.74) is 1.36. The van der Waals surface area contributed by atoms with E-state index in [4.69, 9.17) is 4.74 Å². The van der Waals surface area contributed by atoms with Gasteiger partial charge in [-0.1, -0.05) is 18.2 Å². The Bertz CT molecular complexity index is 835. The van der Waals surface area contributed by atoms with Gasteiger partial charge in [0.1, 0.15) is 17.7 Å². The number of hydrogen-bond donors (Lipinski definition) is 2. The topological polar surface area (TPSA) is 87.7 Å². The van der Waals surface area contributed by atoms with Crippen LogP contribution in [0.5, 0.6) is 0 Å². The molecule has 0 saturated carbocycles. The molecule has 2 atom stereocenters. The molecular weight excluding hydrogens is 406 g/mol. The van der Waals surface area contributed by atoms with E-state index in [9.17, 15) is 14.4 Å². The van der Waals surface area contributed by atoms with E-state index in [2.05, 4.69) is 10.6 Å². The number of carbonyl (C=O) groups excluding carboxylic acids is 3. The SMILES string of the molecule is Cc1cccc(C(C(=O)NC(C)C)N(C(=O)C(C)NC(=O)OC(C)(C)C)C(C)(C)C)c1C. The number of nitrogens with zero attached hydrogens (tertiary/aromatic N) is 1. The highest BCUT2D eigenvalue weighted by molar-refractivity contribution is 5.92. The number of ether oxygens (including phenoxy) is 1. The minimum atomic E-state index is -0.886. The summed E-state index contributed by atoms with van der Waals surface area (Å²) >= 11 is 0. The Morgan fingerprint density at radius 2 is 1.50 bits per heavy atom. The van der Waals surface area contributed by atoms with Crippen molar-refractivity contribution < 1.29 is 19.1 Å². The van der Waals surface area contributed by atoms with Crippen LogP contribution < -0.4 is 10.6 Å². The van der Waals surface area contributed by atoms with Crippen molar-refractivity contribution in [1.82, 2.24) is 15.5 Å². The zero-order valence-electron chi connectivity index (χ0n) is 21.5. The van der Waals surface area contributed by atoms with E-state index in [1.807, 2.05) is 66.7 Å². The van der Waals surface area contributed by atoms with E-state index >= 15 is 0 Å². The number of rotatable bonds is 6. The second-order valence-electron chi connectivity index (χ2n) is 10.6. The number of aryl methyl sites for hydroxylation is 1. The van der Waals surface area contributed by atoms with Gasteiger partial charge >= 0.3 is 6.09 Å². The molecule has 32 heavy (non-hydrogen) atoms. The van der Waals surface area contributed by atoms with Gasteiger partial charge in [0, 0.05) is 11.6 Å². The molecule has 0 aliphatic heterocycles. The number of nitrogens with one attached hydrogen (secondary N) is 2. The van der Waals surface area contributed by atoms with E-state index in [1.54, 1.807) is 32.6 Å². The maximum absolute atomic E-state index is 13.7. The summed E-state index contributed by atoms with van der Waals surface area (Å²) < 4.78 is 5.30. The third-order valence-corrected chi connectivity index (χ3v) is 4.94. The van der Waals surface area contributed by atoms with Gasteiger partial charge in [0.05, 0.1) is 0 Å². The van der Waals surface area contributed by atoms with Crippen LogP contribution in [0.4, 0.5) is 4.79 Å². The number of carbonyl (C=O) groups is 3. The fraction of sp³-hybridized carbons (Fsp3) is 0.640. The standard InChI is InChI=1S/C25H41N3O4/c1-15(2)26-21(29)20(19-14-12-13-16(3)17(19)4)28(24(6,7)8)22(30)18(5)27-23(31)32-25(9,10)11/h12-15,18,20H,1-11H3,(H,26,29)(H,27,31). The van der Waals surface area contributed by atoms with Gasteiger partial charge in [0.25, 0.3) is 0 Å². The average Bonchev–Trinajstić information content (AvgIpc) is 2.58. The molecule has 7 heteroatoms. The summed E-state index contributed by atoms with van der Waals surface area (Å²) in [7, 11) is 0. The number of hydrogen-bond acceptors (Lipinski definition) is 4. The van der Waals surface area contributed by atoms with E-state index in [0.717, 1.165) is 16.7 Å². The molecule has 0 aromatic heterocycles. The highest BCUT2D eigenvalue weighted by atomic mass is 16.6. The molecule has 0 heterocycles. The normalized spacial score (nSPS) is 13.9. The van der Waals surface area contributed by atoms with Crippen LogP contribution in [0.15, 0.2) is 18.2 Å². The molecule has 2 N–H and O–H groups in total. The Kier molecular flexibility index (Phi) is 8.90. The summed E-state index contributed by atoms with van der Waals surface area (Å²) in [5.74, 6) is -0.630. The Morgan fingerprint density at radius 3 is 1.97 bits per heavy atom. The lowest BCUT2D eigenvalue weighted by Crippen LogP contribution is -2.58. The first-order valence-electron chi connectivity index (χ1n) is 11.1. The second-order valence-corrected chi connectivity index (χ2v) is 10.6. The van der Waals surface area contributed by atoms with E-state index in [-0.39, 0.29) is 17.9 Å². The molecule has 1 aromatic rings. The van der Waals surface area contributed by atoms with Crippen LogP contribution in [0.1, 0.15) is 85.0 Å². The molecule has 0 radical (unpaired) electrons. The van der Waals surface area contributed by atoms with Crippen LogP contribution in [0.3, 0.4) is 0 Å². The predicted molar refractivity (Wildman–Crippen MR) is 127 cm³/mol. The summed E-state index contributed by atoms with van der Waals surface area (Å²) in [6.45, 7) is 20.2. The van der Waals surface area contributed by atoms with Gasteiger partial charge in [0.15, 0.2) is 0 Å². The molecule has 180 valence electrons. The molecule has 0 saturated heterocycles. The first-order chi connectivity index (χ1) is 14.5. The number of amides is 3. The maximum Gasteiger partial charge on any atom is 0.408 e. The molecule has 0 aliphatic rings. The third kappa shape index (κ3) is 7.53. The van der Waals surface area contributed by atoms with Crippen LogP contribution >= 0.6 is 0 Å². The fourth-order valence-corrected chi connectivity index (χ4v) is 3.43. The van der Waals surface area contributed by atoms with Crippen molar-refractivity contribution in [1.29, 1.82) is 0 Å². The number of benzene rings is 1. The van der Waals surface area contributed by atoms with Gasteiger partial charge in [-0.3, -0.25) is 9.59 Å². The van der Waals surface area contributed by atoms with Crippen LogP contribution in [0, 0.1) is 13.8 Å². The van der Waals surface area contributed by atoms with E-state index < -0.39 is 29.3 Å². The summed E-state index contributed by atoms with van der Waals surface area (Å²) in [5, 5.41) is 5.58. The third-order valence-electron chi connectivity index (χ3n) is 4.94. The smallest absolute Gasteiger partial charge is 0.408 e. The van der Waals surface area contributed by atoms with Crippen LogP contribution in [0.25, 0.3) is 0 Å². The van der Waals surface area contributed by atoms with E-state index in [1.165, 1.54) is 0 Å². The highest BCUT2D eigenvalue weighted by Crippen LogP contribution is 2.32. The molecule has 0 bridgehead atoms. The molecular formula is C25H41N3O4. The van der Waals surface area contributed by atoms with Gasteiger partial charge in [-0.05, 0) is 92.9 Å². The van der Waals surface area contributed by atoms with Crippen LogP contribution in [-0.4, -0.2) is 46.0 Å². The lowest BCUT2D eigenvalue weighted by atomic mass is 9.91. The molecule has 0 aliphatic carbocycles. The monoisotopic (exact) mass is 447 g/mol. The minimum Gasteiger partial charge on any atom is -0.444 e. The van der Waals surface area contributed by atoms with Crippen molar-refractivity contribution in [3.63, 3.8) is 0 Å². The minimum absolute atomic E-state index is 0.0932. The van der Waals surface area contributed by atoms with E-state index in [0.29, 0.717) is 0 Å². The highest BCUT2D eigenvalue weighted by Gasteiger charge is 2.41. The molecule has 7 nitrogen and oxygen atoms in total. The van der Waals surface area contributed by atoms with Crippen molar-refractivity contribution in [3.8, 4) is 0 Å². The Balaban J connectivity index is 3.47. The quantitative estimate of drug-likeness (QED) is 0.676. The van der Waals surface area contributed by atoms with Crippen molar-refractivity contribution in [2.24, 2.45) is 0 Å². The van der Waals surface area contributed by atoms with Crippen LogP contribution in [0.2, 0.25) is 0 Å². The van der Waals surface area contributed by atoms with Crippen molar-refractivity contribution in [2.45, 2.75) is 105 Å². The van der Waals surface area contributed by atoms with Crippen molar-refractivity contribution >= 4 is 17.9 Å². The van der Waals surface area contributed by atoms with Crippen LogP contribution in [-0.2, 0) is 14.3 Å². The average molecular weight is 448 g/mol. The van der Waals surface area contributed by atoms with Gasteiger partial charge in [0.2, 0.25) is 11.8 Å². The summed E-state index contributed by atoms with van der Waals surface area (Å²) in [4.78, 5) is 40.9. The van der Waals surface area contributed by atoms with Gasteiger partial charge in [-0.15, -0.1) is 0 Å². The maximum atomic E-state index is 13.7. The van der Waals surface area contributed by atoms with Crippen molar-refractivity contribution in [3.05, 3.63) is 34.9 Å². The molecule has 3 amide bonds. The Morgan fingerprint density at radius 1 is 0.938 bits per heavy atom. The lowest BCUT2D eigenvalue weighted by Gasteiger charge is -2.43. The first kappa shape index (κ1) is 27.5. The second kappa shape index (κ2) is 10.4. The molecule has 1 rings (SSSR count). The number of alkyl carbamates (subject to hydrolysis) is 1. The predicted octanol–water partition coefficient (Wildman–Crippen LogP) is 4.41.